The summed E-state index contributed by atoms with van der Waals surface area (Å²) in [6.07, 6.45) is 1.96. The fraction of sp³-hybridized carbons (Fsp3) is 0.182. The van der Waals surface area contributed by atoms with Crippen molar-refractivity contribution in [2.24, 2.45) is 0 Å². The molecule has 1 aliphatic heterocycles. The van der Waals surface area contributed by atoms with Crippen LogP contribution in [-0.2, 0) is 21.2 Å². The van der Waals surface area contributed by atoms with Crippen LogP contribution in [0.25, 0.3) is 0 Å². The highest BCUT2D eigenvalue weighted by molar-refractivity contribution is 7.94. The van der Waals surface area contributed by atoms with Gasteiger partial charge >= 0.3 is 0 Å². The zero-order valence-corrected chi connectivity index (χ0v) is 18.7. The lowest BCUT2D eigenvalue weighted by Gasteiger charge is -2.30. The monoisotopic (exact) mass is 470 g/mol. The molecule has 10 heteroatoms. The highest BCUT2D eigenvalue weighted by Crippen LogP contribution is 2.26. The van der Waals surface area contributed by atoms with Crippen LogP contribution in [0.15, 0.2) is 70.3 Å². The number of fused-ring (bicyclic) bond motifs is 1. The Morgan fingerprint density at radius 2 is 1.75 bits per heavy atom. The fourth-order valence-corrected chi connectivity index (χ4v) is 5.55. The minimum Gasteiger partial charge on any atom is -0.362 e. The van der Waals surface area contributed by atoms with Gasteiger partial charge in [-0.25, -0.2) is 8.42 Å². The van der Waals surface area contributed by atoms with Crippen molar-refractivity contribution in [3.8, 4) is 0 Å². The van der Waals surface area contributed by atoms with Crippen molar-refractivity contribution in [3.05, 3.63) is 77.2 Å². The molecular formula is C22H22N4O4S2. The second-order valence-corrected chi connectivity index (χ2v) is 10.1. The molecule has 166 valence electrons. The quantitative estimate of drug-likeness (QED) is 0.480. The summed E-state index contributed by atoms with van der Waals surface area (Å²) in [7, 11) is -3.65. The van der Waals surface area contributed by atoms with E-state index in [0.717, 1.165) is 36.4 Å². The third-order valence-corrected chi connectivity index (χ3v) is 7.79. The number of aryl methyl sites for hydroxylation is 1. The van der Waals surface area contributed by atoms with Crippen LogP contribution in [0.4, 0.5) is 11.4 Å². The van der Waals surface area contributed by atoms with Crippen LogP contribution in [-0.4, -0.2) is 33.3 Å². The normalized spacial score (nSPS) is 13.2. The molecule has 0 fully saturated rings. The summed E-state index contributed by atoms with van der Waals surface area (Å²) in [5.41, 5.74) is 7.72. The molecule has 0 spiro atoms. The summed E-state index contributed by atoms with van der Waals surface area (Å²) < 4.78 is 27.2. The van der Waals surface area contributed by atoms with Gasteiger partial charge in [0, 0.05) is 23.5 Å². The molecule has 8 nitrogen and oxygen atoms in total. The lowest BCUT2D eigenvalue weighted by molar-refractivity contribution is -0.120. The Hall–Kier alpha value is -3.37. The maximum absolute atomic E-state index is 12.3. The molecular weight excluding hydrogens is 448 g/mol. The molecule has 0 unspecified atom stereocenters. The Morgan fingerprint density at radius 1 is 0.969 bits per heavy atom. The average Bonchev–Trinajstić information content (AvgIpc) is 3.34. The minimum atomic E-state index is -3.65. The molecule has 32 heavy (non-hydrogen) atoms. The van der Waals surface area contributed by atoms with E-state index in [9.17, 15) is 18.0 Å². The number of hydrazine groups is 1. The number of benzene rings is 2. The second-order valence-electron chi connectivity index (χ2n) is 7.27. The fourth-order valence-electron chi connectivity index (χ4n) is 3.50. The van der Waals surface area contributed by atoms with E-state index in [1.807, 2.05) is 23.1 Å². The van der Waals surface area contributed by atoms with Crippen LogP contribution in [0.2, 0.25) is 0 Å². The average molecular weight is 471 g/mol. The lowest BCUT2D eigenvalue weighted by Crippen LogP contribution is -2.47. The number of rotatable bonds is 6. The number of anilines is 2. The summed E-state index contributed by atoms with van der Waals surface area (Å²) >= 11 is 1.12. The first-order chi connectivity index (χ1) is 15.4. The van der Waals surface area contributed by atoms with E-state index in [0.29, 0.717) is 5.69 Å². The van der Waals surface area contributed by atoms with Gasteiger partial charge in [-0.05, 0) is 60.2 Å². The summed E-state index contributed by atoms with van der Waals surface area (Å²) in [4.78, 5) is 26.7. The van der Waals surface area contributed by atoms with E-state index in [4.69, 9.17) is 0 Å². The van der Waals surface area contributed by atoms with E-state index in [2.05, 4.69) is 21.6 Å². The molecule has 1 aromatic heterocycles. The third-order valence-electron chi connectivity index (χ3n) is 5.02. The molecule has 0 radical (unpaired) electrons. The zero-order valence-electron chi connectivity index (χ0n) is 17.1. The van der Waals surface area contributed by atoms with Gasteiger partial charge in [0.15, 0.2) is 0 Å². The number of hydrogen-bond acceptors (Lipinski definition) is 6. The van der Waals surface area contributed by atoms with Crippen LogP contribution in [0.3, 0.4) is 0 Å². The SMILES string of the molecule is O=C(CN1CCCc2ccccc21)NNC(=O)c1ccc(NS(=O)(=O)c2cccs2)cc1. The Labute approximate surface area is 190 Å². The lowest BCUT2D eigenvalue weighted by atomic mass is 10.0. The van der Waals surface area contributed by atoms with E-state index < -0.39 is 15.9 Å². The Bertz CT molecular complexity index is 1210. The smallest absolute Gasteiger partial charge is 0.271 e. The highest BCUT2D eigenvalue weighted by atomic mass is 32.2. The van der Waals surface area contributed by atoms with E-state index >= 15 is 0 Å². The standard InChI is InChI=1S/C22H22N4O4S2/c27-20(15-26-13-3-6-16-5-1-2-7-19(16)26)23-24-22(28)17-9-11-18(12-10-17)25-32(29,30)21-8-4-14-31-21/h1-2,4-5,7-12,14,25H,3,6,13,15H2,(H,23,27)(H,24,28). The third kappa shape index (κ3) is 5.09. The molecule has 0 saturated heterocycles. The van der Waals surface area contributed by atoms with Crippen LogP contribution < -0.4 is 20.5 Å². The first-order valence-electron chi connectivity index (χ1n) is 10.0. The number of para-hydroxylation sites is 1. The van der Waals surface area contributed by atoms with Gasteiger partial charge in [-0.2, -0.15) is 0 Å². The van der Waals surface area contributed by atoms with E-state index in [1.54, 1.807) is 11.4 Å². The number of nitrogens with one attached hydrogen (secondary N) is 3. The molecule has 3 N–H and O–H groups in total. The van der Waals surface area contributed by atoms with Crippen molar-refractivity contribution in [2.75, 3.05) is 22.7 Å². The molecule has 4 rings (SSSR count). The first kappa shape index (κ1) is 21.8. The number of hydrogen-bond donors (Lipinski definition) is 3. The number of nitrogens with zero attached hydrogens (tertiary/aromatic N) is 1. The topological polar surface area (TPSA) is 108 Å². The maximum atomic E-state index is 12.3. The molecule has 2 heterocycles. The number of thiophene rings is 1. The van der Waals surface area contributed by atoms with Crippen LogP contribution in [0.5, 0.6) is 0 Å². The molecule has 1 aliphatic rings. The summed E-state index contributed by atoms with van der Waals surface area (Å²) in [5.74, 6) is -0.819. The molecule has 0 saturated carbocycles. The van der Waals surface area contributed by atoms with Crippen LogP contribution >= 0.6 is 11.3 Å². The Kier molecular flexibility index (Phi) is 6.42. The van der Waals surface area contributed by atoms with Gasteiger partial charge < -0.3 is 4.90 Å². The summed E-state index contributed by atoms with van der Waals surface area (Å²) in [6.45, 7) is 0.919. The molecule has 0 atom stereocenters. The molecule has 0 aliphatic carbocycles. The molecule has 2 aromatic carbocycles. The Balaban J connectivity index is 1.30. The maximum Gasteiger partial charge on any atom is 0.271 e. The van der Waals surface area contributed by atoms with E-state index in [-0.39, 0.29) is 22.2 Å². The predicted molar refractivity (Wildman–Crippen MR) is 124 cm³/mol. The van der Waals surface area contributed by atoms with Crippen molar-refractivity contribution in [1.82, 2.24) is 10.9 Å². The first-order valence-corrected chi connectivity index (χ1v) is 12.4. The van der Waals surface area contributed by atoms with Gasteiger partial charge in [0.2, 0.25) is 0 Å². The van der Waals surface area contributed by atoms with Crippen LogP contribution in [0.1, 0.15) is 22.3 Å². The van der Waals surface area contributed by atoms with Gasteiger partial charge in [-0.3, -0.25) is 25.2 Å². The van der Waals surface area contributed by atoms with Gasteiger partial charge in [-0.1, -0.05) is 24.3 Å². The Morgan fingerprint density at radius 3 is 2.50 bits per heavy atom. The highest BCUT2D eigenvalue weighted by Gasteiger charge is 2.19. The van der Waals surface area contributed by atoms with Gasteiger partial charge in [0.1, 0.15) is 4.21 Å². The molecule has 2 amide bonds. The minimum absolute atomic E-state index is 0.140. The van der Waals surface area contributed by atoms with Crippen molar-refractivity contribution in [3.63, 3.8) is 0 Å². The van der Waals surface area contributed by atoms with Gasteiger partial charge in [0.05, 0.1) is 6.54 Å². The van der Waals surface area contributed by atoms with Crippen molar-refractivity contribution < 1.29 is 18.0 Å². The van der Waals surface area contributed by atoms with Gasteiger partial charge in [-0.15, -0.1) is 11.3 Å². The molecule has 0 bridgehead atoms. The van der Waals surface area contributed by atoms with Gasteiger partial charge in [0.25, 0.3) is 21.8 Å². The summed E-state index contributed by atoms with van der Waals surface area (Å²) in [5, 5.41) is 1.68. The number of carbonyl (C=O) groups excluding carboxylic acids is 2. The second kappa shape index (κ2) is 9.41. The van der Waals surface area contributed by atoms with Crippen molar-refractivity contribution in [2.45, 2.75) is 17.1 Å². The largest absolute Gasteiger partial charge is 0.362 e. The van der Waals surface area contributed by atoms with Crippen LogP contribution in [0, 0.1) is 0 Å². The predicted octanol–water partition coefficient (Wildman–Crippen LogP) is 2.76. The number of amides is 2. The zero-order chi connectivity index (χ0) is 22.6. The van der Waals surface area contributed by atoms with E-state index in [1.165, 1.54) is 35.9 Å². The van der Waals surface area contributed by atoms with Crippen molar-refractivity contribution in [1.29, 1.82) is 0 Å². The summed E-state index contributed by atoms with van der Waals surface area (Å²) in [6, 6.07) is 17.1. The molecule has 3 aromatic rings. The number of carbonyl (C=O) groups is 2. The van der Waals surface area contributed by atoms with Crippen molar-refractivity contribution >= 4 is 44.5 Å². The number of sulfonamides is 1.